The standard InChI is InChI=1S/C28H27BrN4S/c1-17-8-10-21(11-9-17)32-19(3)16-23(20(32)4)27-26(25-7-5-6-14-30-25)31-28(34)33(27)22-12-13-24(29)18(2)15-22/h5-16,26-27H,1-4H3,(H,31,34)/t26-,27-/m1/s1. The molecule has 1 N–H and O–H groups in total. The highest BCUT2D eigenvalue weighted by atomic mass is 79.9. The second-order valence-electron chi connectivity index (χ2n) is 8.93. The average molecular weight is 532 g/mol. The number of hydrogen-bond donors (Lipinski definition) is 1. The number of nitrogens with one attached hydrogen (secondary N) is 1. The van der Waals surface area contributed by atoms with E-state index < -0.39 is 0 Å². The third-order valence-electron chi connectivity index (χ3n) is 6.60. The summed E-state index contributed by atoms with van der Waals surface area (Å²) in [4.78, 5) is 6.94. The minimum atomic E-state index is -0.0652. The molecular formula is C28H27BrN4S. The van der Waals surface area contributed by atoms with Gasteiger partial charge < -0.3 is 14.8 Å². The number of nitrogens with zero attached hydrogens (tertiary/aromatic N) is 3. The largest absolute Gasteiger partial charge is 0.351 e. The van der Waals surface area contributed by atoms with Crippen molar-refractivity contribution in [3.05, 3.63) is 111 Å². The third kappa shape index (κ3) is 3.95. The maximum Gasteiger partial charge on any atom is 0.174 e. The highest BCUT2D eigenvalue weighted by molar-refractivity contribution is 9.10. The first-order valence-corrected chi connectivity index (χ1v) is 12.6. The SMILES string of the molecule is Cc1ccc(-n2c(C)cc([C@@H]3[C@@H](c4ccccn4)NC(=S)N3c3ccc(Br)c(C)c3)c2C)cc1. The Labute approximate surface area is 214 Å². The molecule has 2 atom stereocenters. The van der Waals surface area contributed by atoms with Gasteiger partial charge in [0.05, 0.1) is 17.8 Å². The lowest BCUT2D eigenvalue weighted by atomic mass is 9.96. The smallest absolute Gasteiger partial charge is 0.174 e. The summed E-state index contributed by atoms with van der Waals surface area (Å²) in [5.74, 6) is 0. The number of benzene rings is 2. The van der Waals surface area contributed by atoms with Crippen molar-refractivity contribution in [2.45, 2.75) is 39.8 Å². The van der Waals surface area contributed by atoms with Crippen molar-refractivity contribution < 1.29 is 0 Å². The number of hydrogen-bond acceptors (Lipinski definition) is 2. The van der Waals surface area contributed by atoms with Crippen LogP contribution in [0.5, 0.6) is 0 Å². The molecule has 0 spiro atoms. The molecule has 2 aromatic carbocycles. The van der Waals surface area contributed by atoms with Crippen molar-refractivity contribution in [1.29, 1.82) is 0 Å². The van der Waals surface area contributed by atoms with Crippen LogP contribution in [0.2, 0.25) is 0 Å². The van der Waals surface area contributed by atoms with Crippen LogP contribution in [-0.4, -0.2) is 14.7 Å². The van der Waals surface area contributed by atoms with E-state index in [4.69, 9.17) is 17.2 Å². The van der Waals surface area contributed by atoms with E-state index in [9.17, 15) is 0 Å². The van der Waals surface area contributed by atoms with Crippen molar-refractivity contribution in [3.63, 3.8) is 0 Å². The summed E-state index contributed by atoms with van der Waals surface area (Å²) in [7, 11) is 0. The summed E-state index contributed by atoms with van der Waals surface area (Å²) < 4.78 is 3.42. The Morgan fingerprint density at radius 3 is 2.32 bits per heavy atom. The van der Waals surface area contributed by atoms with Crippen molar-refractivity contribution in [3.8, 4) is 5.69 Å². The van der Waals surface area contributed by atoms with E-state index in [-0.39, 0.29) is 12.1 Å². The van der Waals surface area contributed by atoms with E-state index in [0.29, 0.717) is 5.11 Å². The fourth-order valence-electron chi connectivity index (χ4n) is 4.91. The zero-order valence-corrected chi connectivity index (χ0v) is 22.1. The lowest BCUT2D eigenvalue weighted by Crippen LogP contribution is -2.29. The Kier molecular flexibility index (Phi) is 6.04. The van der Waals surface area contributed by atoms with Gasteiger partial charge in [-0.2, -0.15) is 0 Å². The highest BCUT2D eigenvalue weighted by Gasteiger charge is 2.42. The Hall–Kier alpha value is -2.96. The normalized spacial score (nSPS) is 17.8. The molecule has 4 aromatic rings. The summed E-state index contributed by atoms with van der Waals surface area (Å²) in [5.41, 5.74) is 9.28. The summed E-state index contributed by atoms with van der Waals surface area (Å²) in [6.45, 7) is 8.59. The van der Waals surface area contributed by atoms with Gasteiger partial charge in [-0.05, 0) is 99.6 Å². The number of halogens is 1. The van der Waals surface area contributed by atoms with E-state index in [1.54, 1.807) is 0 Å². The number of pyridine rings is 1. The van der Waals surface area contributed by atoms with Gasteiger partial charge in [-0.3, -0.25) is 4.98 Å². The molecule has 2 aromatic heterocycles. The Balaban J connectivity index is 1.68. The summed E-state index contributed by atoms with van der Waals surface area (Å²) in [6, 6.07) is 23.3. The second kappa shape index (κ2) is 9.01. The van der Waals surface area contributed by atoms with Gasteiger partial charge in [0.25, 0.3) is 0 Å². The topological polar surface area (TPSA) is 33.1 Å². The lowest BCUT2D eigenvalue weighted by molar-refractivity contribution is 0.565. The molecule has 1 saturated heterocycles. The Morgan fingerprint density at radius 2 is 1.65 bits per heavy atom. The molecule has 1 aliphatic rings. The van der Waals surface area contributed by atoms with Gasteiger partial charge in [0.2, 0.25) is 0 Å². The van der Waals surface area contributed by atoms with Crippen LogP contribution in [0, 0.1) is 27.7 Å². The van der Waals surface area contributed by atoms with Crippen LogP contribution in [0.1, 0.15) is 45.9 Å². The first-order chi connectivity index (χ1) is 16.3. The lowest BCUT2D eigenvalue weighted by Gasteiger charge is -2.28. The molecule has 0 saturated carbocycles. The molecule has 34 heavy (non-hydrogen) atoms. The van der Waals surface area contributed by atoms with E-state index in [1.807, 2.05) is 18.3 Å². The molecule has 0 unspecified atom stereocenters. The van der Waals surface area contributed by atoms with E-state index in [2.05, 4.69) is 113 Å². The van der Waals surface area contributed by atoms with Gasteiger partial charge in [-0.1, -0.05) is 39.7 Å². The van der Waals surface area contributed by atoms with Crippen LogP contribution in [-0.2, 0) is 0 Å². The second-order valence-corrected chi connectivity index (χ2v) is 10.2. The average Bonchev–Trinajstić information content (AvgIpc) is 3.32. The van der Waals surface area contributed by atoms with Gasteiger partial charge in [0.15, 0.2) is 5.11 Å². The number of aromatic nitrogens is 2. The van der Waals surface area contributed by atoms with Gasteiger partial charge in [0.1, 0.15) is 0 Å². The van der Waals surface area contributed by atoms with Crippen LogP contribution < -0.4 is 10.2 Å². The molecule has 172 valence electrons. The third-order valence-corrected chi connectivity index (χ3v) is 7.80. The first-order valence-electron chi connectivity index (χ1n) is 11.4. The fourth-order valence-corrected chi connectivity index (χ4v) is 5.50. The van der Waals surface area contributed by atoms with E-state index in [1.165, 1.54) is 33.8 Å². The predicted octanol–water partition coefficient (Wildman–Crippen LogP) is 7.05. The molecule has 1 aliphatic heterocycles. The minimum Gasteiger partial charge on any atom is -0.351 e. The van der Waals surface area contributed by atoms with Crippen molar-refractivity contribution in [2.24, 2.45) is 0 Å². The van der Waals surface area contributed by atoms with Crippen LogP contribution in [0.3, 0.4) is 0 Å². The Bertz CT molecular complexity index is 1360. The minimum absolute atomic E-state index is 0.0339. The molecule has 0 aliphatic carbocycles. The monoisotopic (exact) mass is 530 g/mol. The van der Waals surface area contributed by atoms with Gasteiger partial charge >= 0.3 is 0 Å². The number of rotatable bonds is 4. The van der Waals surface area contributed by atoms with Crippen molar-refractivity contribution in [2.75, 3.05) is 4.90 Å². The van der Waals surface area contributed by atoms with Crippen molar-refractivity contribution >= 4 is 38.9 Å². The van der Waals surface area contributed by atoms with Crippen LogP contribution in [0.25, 0.3) is 5.69 Å². The van der Waals surface area contributed by atoms with Crippen molar-refractivity contribution in [1.82, 2.24) is 14.9 Å². The van der Waals surface area contributed by atoms with E-state index in [0.717, 1.165) is 15.9 Å². The van der Waals surface area contributed by atoms with Gasteiger partial charge in [0, 0.05) is 33.4 Å². The fraction of sp³-hybridized carbons (Fsp3) is 0.214. The quantitative estimate of drug-likeness (QED) is 0.286. The number of anilines is 1. The molecule has 3 heterocycles. The van der Waals surface area contributed by atoms with E-state index >= 15 is 0 Å². The maximum absolute atomic E-state index is 5.91. The zero-order valence-electron chi connectivity index (χ0n) is 19.7. The summed E-state index contributed by atoms with van der Waals surface area (Å²) >= 11 is 9.55. The molecule has 1 fully saturated rings. The predicted molar refractivity (Wildman–Crippen MR) is 147 cm³/mol. The van der Waals surface area contributed by atoms with Crippen LogP contribution >= 0.6 is 28.1 Å². The van der Waals surface area contributed by atoms with Crippen LogP contribution in [0.4, 0.5) is 5.69 Å². The summed E-state index contributed by atoms with van der Waals surface area (Å²) in [6.07, 6.45) is 1.85. The maximum atomic E-state index is 5.91. The highest BCUT2D eigenvalue weighted by Crippen LogP contribution is 2.44. The molecule has 0 amide bonds. The summed E-state index contributed by atoms with van der Waals surface area (Å²) in [5, 5.41) is 4.29. The first kappa shape index (κ1) is 22.8. The molecular weight excluding hydrogens is 504 g/mol. The van der Waals surface area contributed by atoms with Crippen LogP contribution in [0.15, 0.2) is 77.4 Å². The molecule has 0 bridgehead atoms. The number of aryl methyl sites for hydroxylation is 3. The molecule has 4 nitrogen and oxygen atoms in total. The van der Waals surface area contributed by atoms with Gasteiger partial charge in [-0.25, -0.2) is 0 Å². The molecule has 0 radical (unpaired) electrons. The molecule has 6 heteroatoms. The number of thiocarbonyl (C=S) groups is 1. The van der Waals surface area contributed by atoms with Gasteiger partial charge in [-0.15, -0.1) is 0 Å². The Morgan fingerprint density at radius 1 is 0.912 bits per heavy atom. The molecule has 5 rings (SSSR count). The zero-order chi connectivity index (χ0) is 24.0.